The lowest BCUT2D eigenvalue weighted by atomic mass is 9.79. The van der Waals surface area contributed by atoms with Crippen LogP contribution in [0.1, 0.15) is 18.4 Å². The Morgan fingerprint density at radius 1 is 1.23 bits per heavy atom. The molecule has 26 heavy (non-hydrogen) atoms. The number of hydrogen-bond donors (Lipinski definition) is 5. The molecule has 2 unspecified atom stereocenters. The Morgan fingerprint density at radius 3 is 2.50 bits per heavy atom. The normalized spacial score (nSPS) is 28.8. The van der Waals surface area contributed by atoms with Crippen molar-refractivity contribution < 1.29 is 44.6 Å². The number of rotatable bonds is 5. The molecule has 0 bridgehead atoms. The zero-order chi connectivity index (χ0) is 19.5. The van der Waals surface area contributed by atoms with Gasteiger partial charge in [0.1, 0.15) is 12.2 Å². The van der Waals surface area contributed by atoms with E-state index in [9.17, 15) is 30.0 Å². The lowest BCUT2D eigenvalue weighted by Gasteiger charge is -2.40. The second kappa shape index (κ2) is 7.73. The van der Waals surface area contributed by atoms with Crippen molar-refractivity contribution >= 4 is 18.0 Å². The van der Waals surface area contributed by atoms with E-state index in [0.29, 0.717) is 5.56 Å². The molecule has 0 aromatic heterocycles. The first-order valence-corrected chi connectivity index (χ1v) is 7.73. The van der Waals surface area contributed by atoms with Crippen molar-refractivity contribution in [3.05, 3.63) is 29.8 Å². The first kappa shape index (κ1) is 19.7. The van der Waals surface area contributed by atoms with Gasteiger partial charge in [-0.3, -0.25) is 0 Å². The van der Waals surface area contributed by atoms with Gasteiger partial charge >= 0.3 is 11.9 Å². The van der Waals surface area contributed by atoms with Crippen molar-refractivity contribution in [2.75, 3.05) is 7.11 Å². The molecule has 0 aliphatic heterocycles. The quantitative estimate of drug-likeness (QED) is 0.275. The van der Waals surface area contributed by atoms with E-state index in [1.807, 2.05) is 0 Å². The molecule has 1 fully saturated rings. The lowest BCUT2D eigenvalue weighted by Crippen LogP contribution is -2.57. The molecule has 0 radical (unpaired) electrons. The van der Waals surface area contributed by atoms with Crippen molar-refractivity contribution in [1.29, 1.82) is 0 Å². The second-order valence-electron chi connectivity index (χ2n) is 6.07. The molecule has 0 heterocycles. The number of carboxylic acid groups (broad SMARTS) is 1. The number of ether oxygens (including phenoxy) is 2. The molecule has 9 nitrogen and oxygen atoms in total. The Bertz CT molecular complexity index is 714. The molecule has 1 aromatic rings. The van der Waals surface area contributed by atoms with Crippen LogP contribution in [0.15, 0.2) is 24.3 Å². The Morgan fingerprint density at radius 2 is 1.92 bits per heavy atom. The fraction of sp³-hybridized carbons (Fsp3) is 0.412. The summed E-state index contributed by atoms with van der Waals surface area (Å²) in [5, 5.41) is 47.9. The number of hydrogen-bond acceptors (Lipinski definition) is 8. The number of carboxylic acids is 1. The van der Waals surface area contributed by atoms with E-state index in [0.717, 1.165) is 6.08 Å². The minimum Gasteiger partial charge on any atom is -0.504 e. The molecule has 5 N–H and O–H groups in total. The molecule has 0 spiro atoms. The van der Waals surface area contributed by atoms with E-state index in [1.54, 1.807) is 0 Å². The molecule has 2 rings (SSSR count). The molecule has 4 atom stereocenters. The minimum absolute atomic E-state index is 0.309. The summed E-state index contributed by atoms with van der Waals surface area (Å²) in [6.45, 7) is 0. The van der Waals surface area contributed by atoms with Gasteiger partial charge in [-0.2, -0.15) is 0 Å². The highest BCUT2D eigenvalue weighted by molar-refractivity contribution is 5.87. The fourth-order valence-corrected chi connectivity index (χ4v) is 2.83. The zero-order valence-corrected chi connectivity index (χ0v) is 13.9. The first-order valence-electron chi connectivity index (χ1n) is 7.73. The van der Waals surface area contributed by atoms with E-state index in [-0.39, 0.29) is 11.5 Å². The van der Waals surface area contributed by atoms with Gasteiger partial charge in [0.15, 0.2) is 17.1 Å². The van der Waals surface area contributed by atoms with Crippen LogP contribution in [0, 0.1) is 0 Å². The molecular formula is C17H20O9. The predicted molar refractivity (Wildman–Crippen MR) is 87.3 cm³/mol. The topological polar surface area (TPSA) is 154 Å². The van der Waals surface area contributed by atoms with Crippen molar-refractivity contribution in [3.63, 3.8) is 0 Å². The molecular weight excluding hydrogens is 348 g/mol. The number of esters is 1. The van der Waals surface area contributed by atoms with Crippen LogP contribution in [0.25, 0.3) is 6.08 Å². The Labute approximate surface area is 148 Å². The van der Waals surface area contributed by atoms with E-state index >= 15 is 0 Å². The summed E-state index contributed by atoms with van der Waals surface area (Å²) in [6, 6.07) is 3.92. The van der Waals surface area contributed by atoms with Gasteiger partial charge in [0.2, 0.25) is 0 Å². The zero-order valence-electron chi connectivity index (χ0n) is 13.9. The molecule has 142 valence electrons. The molecule has 1 saturated carbocycles. The number of carbonyl (C=O) groups excluding carboxylic acids is 1. The van der Waals surface area contributed by atoms with Crippen LogP contribution in [-0.2, 0) is 19.1 Å². The van der Waals surface area contributed by atoms with Crippen LogP contribution >= 0.6 is 0 Å². The van der Waals surface area contributed by atoms with Crippen LogP contribution in [0.2, 0.25) is 0 Å². The number of aliphatic hydroxyl groups excluding tert-OH is 1. The third kappa shape index (κ3) is 4.31. The molecule has 1 aliphatic rings. The third-order valence-electron chi connectivity index (χ3n) is 4.18. The number of aliphatic carboxylic acids is 1. The third-order valence-corrected chi connectivity index (χ3v) is 4.18. The summed E-state index contributed by atoms with van der Waals surface area (Å²) in [6.07, 6.45) is -2.02. The van der Waals surface area contributed by atoms with Gasteiger partial charge in [0, 0.05) is 26.0 Å². The summed E-state index contributed by atoms with van der Waals surface area (Å²) in [4.78, 5) is 23.2. The predicted octanol–water partition coefficient (Wildman–Crippen LogP) is 0.00820. The Kier molecular flexibility index (Phi) is 5.86. The van der Waals surface area contributed by atoms with Gasteiger partial charge in [-0.1, -0.05) is 6.07 Å². The van der Waals surface area contributed by atoms with Crippen LogP contribution in [-0.4, -0.2) is 68.5 Å². The van der Waals surface area contributed by atoms with Crippen molar-refractivity contribution in [1.82, 2.24) is 0 Å². The molecule has 1 aromatic carbocycles. The highest BCUT2D eigenvalue weighted by Gasteiger charge is 2.51. The number of phenolic OH excluding ortho intramolecular Hbond substituents is 2. The number of methoxy groups -OCH3 is 1. The average molecular weight is 368 g/mol. The van der Waals surface area contributed by atoms with Gasteiger partial charge in [-0.25, -0.2) is 9.59 Å². The number of aliphatic hydroxyl groups is 2. The van der Waals surface area contributed by atoms with Crippen LogP contribution < -0.4 is 0 Å². The lowest BCUT2D eigenvalue weighted by molar-refractivity contribution is -0.200. The summed E-state index contributed by atoms with van der Waals surface area (Å²) >= 11 is 0. The van der Waals surface area contributed by atoms with Gasteiger partial charge in [-0.05, 0) is 23.8 Å². The van der Waals surface area contributed by atoms with Gasteiger partial charge in [0.05, 0.1) is 6.10 Å². The molecule has 1 aliphatic carbocycles. The molecule has 0 amide bonds. The van der Waals surface area contributed by atoms with Crippen molar-refractivity contribution in [2.45, 2.75) is 36.8 Å². The maximum atomic E-state index is 12.0. The van der Waals surface area contributed by atoms with E-state index in [1.165, 1.54) is 31.4 Å². The van der Waals surface area contributed by atoms with Gasteiger partial charge < -0.3 is 35.0 Å². The molecule has 0 saturated heterocycles. The SMILES string of the molecule is COC1C(O)C[C@](O)(C(=O)O)C[C@@H]1OC(=O)/C=C/c1ccc(O)c(O)c1. The van der Waals surface area contributed by atoms with Crippen molar-refractivity contribution in [3.8, 4) is 11.5 Å². The Balaban J connectivity index is 2.10. The first-order chi connectivity index (χ1) is 12.2. The van der Waals surface area contributed by atoms with E-state index in [4.69, 9.17) is 14.6 Å². The maximum absolute atomic E-state index is 12.0. The standard InChI is InChI=1S/C17H20O9/c1-25-15-12(20)7-17(24,16(22)23)8-13(15)26-14(21)5-3-9-2-4-10(18)11(19)6-9/h2-6,12-13,15,18-20,24H,7-8H2,1H3,(H,22,23)/b5-3+/t12?,13-,15?,17+/m0/s1. The summed E-state index contributed by atoms with van der Waals surface area (Å²) in [5.74, 6) is -3.05. The number of phenols is 2. The number of aromatic hydroxyl groups is 2. The van der Waals surface area contributed by atoms with E-state index in [2.05, 4.69) is 0 Å². The summed E-state index contributed by atoms with van der Waals surface area (Å²) in [7, 11) is 1.27. The minimum atomic E-state index is -2.23. The van der Waals surface area contributed by atoms with E-state index < -0.39 is 48.7 Å². The van der Waals surface area contributed by atoms with Crippen molar-refractivity contribution in [2.24, 2.45) is 0 Å². The summed E-state index contributed by atoms with van der Waals surface area (Å²) in [5.41, 5.74) is -1.82. The maximum Gasteiger partial charge on any atom is 0.335 e. The smallest absolute Gasteiger partial charge is 0.335 e. The highest BCUT2D eigenvalue weighted by atomic mass is 16.6. The van der Waals surface area contributed by atoms with Gasteiger partial charge in [-0.15, -0.1) is 0 Å². The largest absolute Gasteiger partial charge is 0.504 e. The molecule has 9 heteroatoms. The fourth-order valence-electron chi connectivity index (χ4n) is 2.83. The van der Waals surface area contributed by atoms with Crippen LogP contribution in [0.5, 0.6) is 11.5 Å². The second-order valence-corrected chi connectivity index (χ2v) is 6.07. The average Bonchev–Trinajstić information content (AvgIpc) is 2.55. The highest BCUT2D eigenvalue weighted by Crippen LogP contribution is 2.33. The van der Waals surface area contributed by atoms with Gasteiger partial charge in [0.25, 0.3) is 0 Å². The summed E-state index contributed by atoms with van der Waals surface area (Å²) < 4.78 is 10.2. The van der Waals surface area contributed by atoms with Crippen LogP contribution in [0.4, 0.5) is 0 Å². The number of benzene rings is 1. The monoisotopic (exact) mass is 368 g/mol. The number of carbonyl (C=O) groups is 2. The Hall–Kier alpha value is -2.62. The van der Waals surface area contributed by atoms with Crippen LogP contribution in [0.3, 0.4) is 0 Å².